The third-order valence-corrected chi connectivity index (χ3v) is 3.50. The van der Waals surface area contributed by atoms with Crippen molar-refractivity contribution in [1.29, 1.82) is 0 Å². The summed E-state index contributed by atoms with van der Waals surface area (Å²) in [4.78, 5) is 4.14. The van der Waals surface area contributed by atoms with Crippen molar-refractivity contribution in [3.05, 3.63) is 46.2 Å². The summed E-state index contributed by atoms with van der Waals surface area (Å²) in [5.41, 5.74) is 7.59. The summed E-state index contributed by atoms with van der Waals surface area (Å²) in [5, 5.41) is 0.931. The number of benzene rings is 2. The van der Waals surface area contributed by atoms with Crippen LogP contribution in [0.5, 0.6) is 5.75 Å². The molecule has 0 fully saturated rings. The molecule has 21 heavy (non-hydrogen) atoms. The number of nitrogens with zero attached hydrogens (tertiary/aromatic N) is 2. The molecule has 108 valence electrons. The molecule has 0 saturated carbocycles. The lowest BCUT2D eigenvalue weighted by atomic mass is 10.2. The fourth-order valence-corrected chi connectivity index (χ4v) is 2.71. The second-order valence-electron chi connectivity index (χ2n) is 4.41. The zero-order valence-electron chi connectivity index (χ0n) is 10.9. The van der Waals surface area contributed by atoms with Crippen molar-refractivity contribution in [2.24, 2.45) is 0 Å². The van der Waals surface area contributed by atoms with Crippen LogP contribution in [0.3, 0.4) is 0 Å². The molecule has 0 aliphatic heterocycles. The van der Waals surface area contributed by atoms with Gasteiger partial charge in [0.15, 0.2) is 11.6 Å². The van der Waals surface area contributed by atoms with Crippen LogP contribution in [-0.4, -0.2) is 16.7 Å². The van der Waals surface area contributed by atoms with Gasteiger partial charge in [0.1, 0.15) is 0 Å². The van der Waals surface area contributed by atoms with E-state index >= 15 is 0 Å². The van der Waals surface area contributed by atoms with Crippen LogP contribution in [0.15, 0.2) is 30.3 Å². The van der Waals surface area contributed by atoms with Crippen LogP contribution < -0.4 is 10.5 Å². The Kier molecular flexibility index (Phi) is 3.39. The van der Waals surface area contributed by atoms with Gasteiger partial charge < -0.3 is 10.5 Å². The molecule has 0 aliphatic rings. The maximum Gasteiger partial charge on any atom is 0.205 e. The predicted molar refractivity (Wildman–Crippen MR) is 82.0 cm³/mol. The SMILES string of the molecule is COc1cc2c(cc1F)nc(N)n2-c1cc(Cl)cc(Cl)c1. The van der Waals surface area contributed by atoms with E-state index in [4.69, 9.17) is 33.7 Å². The number of hydrogen-bond donors (Lipinski definition) is 1. The third-order valence-electron chi connectivity index (χ3n) is 3.06. The number of fused-ring (bicyclic) bond motifs is 1. The zero-order chi connectivity index (χ0) is 15.1. The first-order valence-corrected chi connectivity index (χ1v) is 6.73. The van der Waals surface area contributed by atoms with Crippen molar-refractivity contribution in [3.63, 3.8) is 0 Å². The largest absolute Gasteiger partial charge is 0.494 e. The molecule has 0 aliphatic carbocycles. The summed E-state index contributed by atoms with van der Waals surface area (Å²) in [6.07, 6.45) is 0. The van der Waals surface area contributed by atoms with Crippen molar-refractivity contribution in [2.45, 2.75) is 0 Å². The molecule has 3 aromatic rings. The highest BCUT2D eigenvalue weighted by Gasteiger charge is 2.15. The normalized spacial score (nSPS) is 11.0. The second kappa shape index (κ2) is 5.09. The van der Waals surface area contributed by atoms with Gasteiger partial charge in [-0.2, -0.15) is 0 Å². The summed E-state index contributed by atoms with van der Waals surface area (Å²) in [7, 11) is 1.39. The summed E-state index contributed by atoms with van der Waals surface area (Å²) >= 11 is 12.0. The van der Waals surface area contributed by atoms with Gasteiger partial charge in [0.2, 0.25) is 5.95 Å². The van der Waals surface area contributed by atoms with Crippen molar-refractivity contribution < 1.29 is 9.13 Å². The van der Waals surface area contributed by atoms with E-state index in [1.807, 2.05) is 0 Å². The maximum absolute atomic E-state index is 13.7. The van der Waals surface area contributed by atoms with Crippen LogP contribution in [0.25, 0.3) is 16.7 Å². The first kappa shape index (κ1) is 14.0. The van der Waals surface area contributed by atoms with Gasteiger partial charge in [-0.25, -0.2) is 9.37 Å². The van der Waals surface area contributed by atoms with Gasteiger partial charge in [-0.1, -0.05) is 23.2 Å². The highest BCUT2D eigenvalue weighted by Crippen LogP contribution is 2.31. The van der Waals surface area contributed by atoms with Crippen molar-refractivity contribution in [1.82, 2.24) is 9.55 Å². The Bertz CT molecular complexity index is 828. The average molecular weight is 326 g/mol. The van der Waals surface area contributed by atoms with E-state index in [0.29, 0.717) is 26.8 Å². The Morgan fingerprint density at radius 2 is 1.81 bits per heavy atom. The number of hydrogen-bond acceptors (Lipinski definition) is 3. The predicted octanol–water partition coefficient (Wildman–Crippen LogP) is 4.06. The van der Waals surface area contributed by atoms with Gasteiger partial charge in [0.05, 0.1) is 23.8 Å². The van der Waals surface area contributed by atoms with Gasteiger partial charge in [0, 0.05) is 22.2 Å². The lowest BCUT2D eigenvalue weighted by Gasteiger charge is -2.09. The van der Waals surface area contributed by atoms with Crippen molar-refractivity contribution in [2.75, 3.05) is 12.8 Å². The number of ether oxygens (including phenoxy) is 1. The highest BCUT2D eigenvalue weighted by molar-refractivity contribution is 6.34. The van der Waals surface area contributed by atoms with Gasteiger partial charge in [-0.05, 0) is 18.2 Å². The molecule has 7 heteroatoms. The summed E-state index contributed by atoms with van der Waals surface area (Å²) in [6.45, 7) is 0. The minimum absolute atomic E-state index is 0.108. The van der Waals surface area contributed by atoms with Gasteiger partial charge in [0.25, 0.3) is 0 Å². The number of rotatable bonds is 2. The van der Waals surface area contributed by atoms with Gasteiger partial charge >= 0.3 is 0 Å². The fourth-order valence-electron chi connectivity index (χ4n) is 2.19. The van der Waals surface area contributed by atoms with Crippen LogP contribution in [0.2, 0.25) is 10.0 Å². The van der Waals surface area contributed by atoms with Crippen LogP contribution in [0.1, 0.15) is 0 Å². The Balaban J connectivity index is 2.33. The van der Waals surface area contributed by atoms with Crippen LogP contribution in [0, 0.1) is 5.82 Å². The van der Waals surface area contributed by atoms with E-state index in [2.05, 4.69) is 4.98 Å². The zero-order valence-corrected chi connectivity index (χ0v) is 12.4. The molecule has 0 spiro atoms. The molecule has 0 unspecified atom stereocenters. The summed E-state index contributed by atoms with van der Waals surface area (Å²) in [6, 6.07) is 7.81. The highest BCUT2D eigenvalue weighted by atomic mass is 35.5. The Morgan fingerprint density at radius 1 is 1.14 bits per heavy atom. The van der Waals surface area contributed by atoms with Crippen molar-refractivity contribution in [3.8, 4) is 11.4 Å². The van der Waals surface area contributed by atoms with Crippen LogP contribution in [-0.2, 0) is 0 Å². The molecule has 2 aromatic carbocycles. The Labute approximate surface area is 129 Å². The van der Waals surface area contributed by atoms with Crippen LogP contribution >= 0.6 is 23.2 Å². The van der Waals surface area contributed by atoms with Gasteiger partial charge in [-0.15, -0.1) is 0 Å². The topological polar surface area (TPSA) is 53.1 Å². The quantitative estimate of drug-likeness (QED) is 0.772. The lowest BCUT2D eigenvalue weighted by Crippen LogP contribution is -2.00. The van der Waals surface area contributed by atoms with E-state index in [9.17, 15) is 4.39 Å². The number of halogens is 3. The molecule has 0 amide bonds. The average Bonchev–Trinajstić information content (AvgIpc) is 2.71. The number of anilines is 1. The van der Waals surface area contributed by atoms with Crippen molar-refractivity contribution >= 4 is 40.2 Å². The van der Waals surface area contributed by atoms with E-state index in [1.54, 1.807) is 22.8 Å². The first-order valence-electron chi connectivity index (χ1n) is 5.97. The molecule has 0 atom stereocenters. The number of aromatic nitrogens is 2. The maximum atomic E-state index is 13.7. The molecule has 3 rings (SSSR count). The molecule has 2 N–H and O–H groups in total. The number of imidazole rings is 1. The molecule has 0 bridgehead atoms. The molecular formula is C14H10Cl2FN3O. The number of nitrogen functional groups attached to an aromatic ring is 1. The Morgan fingerprint density at radius 3 is 2.43 bits per heavy atom. The molecule has 0 saturated heterocycles. The fraction of sp³-hybridized carbons (Fsp3) is 0.0714. The summed E-state index contributed by atoms with van der Waals surface area (Å²) < 4.78 is 20.4. The third kappa shape index (κ3) is 2.39. The molecule has 1 heterocycles. The van der Waals surface area contributed by atoms with E-state index in [-0.39, 0.29) is 11.7 Å². The standard InChI is InChI=1S/C14H10Cl2FN3O/c1-21-13-6-12-11(5-10(13)17)19-14(18)20(12)9-3-7(15)2-8(16)4-9/h2-6H,1H3,(H2,18,19). The smallest absolute Gasteiger partial charge is 0.205 e. The molecule has 1 aromatic heterocycles. The molecular weight excluding hydrogens is 316 g/mol. The minimum atomic E-state index is -0.501. The van der Waals surface area contributed by atoms with E-state index < -0.39 is 5.82 Å². The monoisotopic (exact) mass is 325 g/mol. The number of nitrogens with two attached hydrogens (primary N) is 1. The number of methoxy groups -OCH3 is 1. The summed E-state index contributed by atoms with van der Waals surface area (Å²) in [5.74, 6) is -0.188. The lowest BCUT2D eigenvalue weighted by molar-refractivity contribution is 0.387. The van der Waals surface area contributed by atoms with Crippen LogP contribution in [0.4, 0.5) is 10.3 Å². The Hall–Kier alpha value is -1.98. The molecule has 0 radical (unpaired) electrons. The minimum Gasteiger partial charge on any atom is -0.494 e. The first-order chi connectivity index (χ1) is 9.99. The molecule has 4 nitrogen and oxygen atoms in total. The van der Waals surface area contributed by atoms with Gasteiger partial charge in [-0.3, -0.25) is 4.57 Å². The van der Waals surface area contributed by atoms with E-state index in [0.717, 1.165) is 0 Å². The second-order valence-corrected chi connectivity index (χ2v) is 5.28. The van der Waals surface area contributed by atoms with E-state index in [1.165, 1.54) is 19.2 Å².